The Morgan fingerprint density at radius 1 is 1.11 bits per heavy atom. The monoisotopic (exact) mass is 475 g/mol. The van der Waals surface area contributed by atoms with E-state index < -0.39 is 29.9 Å². The number of carbonyl (C=O) groups excluding carboxylic acids is 2. The fraction of sp³-hybridized carbons (Fsp3) is 0.320. The molecule has 1 saturated heterocycles. The van der Waals surface area contributed by atoms with Gasteiger partial charge >= 0.3 is 12.1 Å². The van der Waals surface area contributed by atoms with Gasteiger partial charge in [0, 0.05) is 18.5 Å². The summed E-state index contributed by atoms with van der Waals surface area (Å²) in [6, 6.07) is 15.6. The summed E-state index contributed by atoms with van der Waals surface area (Å²) in [5, 5.41) is 18.3. The molecule has 3 aromatic rings. The van der Waals surface area contributed by atoms with Crippen LogP contribution in [0.15, 0.2) is 48.5 Å². The van der Waals surface area contributed by atoms with Crippen molar-refractivity contribution in [2.75, 3.05) is 18.5 Å². The van der Waals surface area contributed by atoms with Crippen LogP contribution in [-0.4, -0.2) is 62.4 Å². The maximum absolute atomic E-state index is 12.9. The number of fused-ring (bicyclic) bond motifs is 3. The second kappa shape index (κ2) is 9.21. The molecule has 1 aromatic heterocycles. The largest absolute Gasteiger partial charge is 0.481 e. The van der Waals surface area contributed by atoms with Crippen molar-refractivity contribution in [2.24, 2.45) is 5.92 Å². The van der Waals surface area contributed by atoms with Gasteiger partial charge in [-0.3, -0.25) is 20.0 Å². The SMILES string of the molecule is CC1C(C(=O)O)CCCN1C(=O)c1nc(NC(=O)OCC2c3ccccc3-c3ccccc32)n[nH]1. The molecule has 2 heterocycles. The van der Waals surface area contributed by atoms with Crippen molar-refractivity contribution in [2.45, 2.75) is 31.7 Å². The number of benzene rings is 2. The van der Waals surface area contributed by atoms with Crippen LogP contribution in [0.25, 0.3) is 11.1 Å². The zero-order valence-electron chi connectivity index (χ0n) is 19.1. The molecule has 180 valence electrons. The molecule has 1 aliphatic heterocycles. The number of aromatic nitrogens is 3. The van der Waals surface area contributed by atoms with Crippen molar-refractivity contribution >= 4 is 23.9 Å². The maximum Gasteiger partial charge on any atom is 0.414 e. The predicted octanol–water partition coefficient (Wildman–Crippen LogP) is 3.49. The minimum absolute atomic E-state index is 0.0724. The van der Waals surface area contributed by atoms with Crippen molar-refractivity contribution in [3.63, 3.8) is 0 Å². The zero-order valence-corrected chi connectivity index (χ0v) is 19.1. The second-order valence-electron chi connectivity index (χ2n) is 8.78. The lowest BCUT2D eigenvalue weighted by Gasteiger charge is -2.36. The van der Waals surface area contributed by atoms with Crippen LogP contribution in [-0.2, 0) is 9.53 Å². The first-order chi connectivity index (χ1) is 16.9. The van der Waals surface area contributed by atoms with Crippen molar-refractivity contribution in [3.8, 4) is 11.1 Å². The molecule has 0 bridgehead atoms. The van der Waals surface area contributed by atoms with Gasteiger partial charge in [-0.25, -0.2) is 4.79 Å². The van der Waals surface area contributed by atoms with Gasteiger partial charge in [0.25, 0.3) is 11.9 Å². The molecule has 5 rings (SSSR count). The average molecular weight is 476 g/mol. The fourth-order valence-electron chi connectivity index (χ4n) is 5.04. The summed E-state index contributed by atoms with van der Waals surface area (Å²) in [5.41, 5.74) is 4.46. The van der Waals surface area contributed by atoms with Crippen LogP contribution < -0.4 is 5.32 Å². The van der Waals surface area contributed by atoms with Gasteiger partial charge in [0.2, 0.25) is 5.82 Å². The van der Waals surface area contributed by atoms with E-state index in [2.05, 4.69) is 32.6 Å². The number of carboxylic acids is 1. The molecule has 10 heteroatoms. The van der Waals surface area contributed by atoms with Gasteiger partial charge in [-0.05, 0) is 42.0 Å². The van der Waals surface area contributed by atoms with Crippen LogP contribution >= 0.6 is 0 Å². The molecular formula is C25H25N5O5. The standard InChI is InChI=1S/C25H25N5O5/c1-14-15(23(32)33)11-6-12-30(14)22(31)21-26-24(29-28-21)27-25(34)35-13-20-18-9-4-2-7-16(18)17-8-3-5-10-19(17)20/h2-5,7-10,14-15,20H,6,11-13H2,1H3,(H,32,33)(H2,26,27,28,29,34). The smallest absolute Gasteiger partial charge is 0.414 e. The van der Waals surface area contributed by atoms with Crippen LogP contribution in [0, 0.1) is 5.92 Å². The van der Waals surface area contributed by atoms with Crippen molar-refractivity contribution in [1.82, 2.24) is 20.1 Å². The summed E-state index contributed by atoms with van der Waals surface area (Å²) < 4.78 is 5.48. The number of rotatable bonds is 5. The zero-order chi connectivity index (χ0) is 24.5. The van der Waals surface area contributed by atoms with E-state index in [4.69, 9.17) is 4.74 Å². The Morgan fingerprint density at radius 2 is 1.77 bits per heavy atom. The van der Waals surface area contributed by atoms with Crippen molar-refractivity contribution in [3.05, 3.63) is 65.5 Å². The van der Waals surface area contributed by atoms with Crippen LogP contribution in [0.5, 0.6) is 0 Å². The number of H-pyrrole nitrogens is 1. The molecule has 1 aliphatic carbocycles. The van der Waals surface area contributed by atoms with Gasteiger partial charge in [-0.2, -0.15) is 4.98 Å². The highest BCUT2D eigenvalue weighted by molar-refractivity contribution is 5.92. The number of amides is 2. The molecule has 1 fully saturated rings. The number of carbonyl (C=O) groups is 3. The Kier molecular flexibility index (Phi) is 5.94. The van der Waals surface area contributed by atoms with E-state index in [0.29, 0.717) is 19.4 Å². The summed E-state index contributed by atoms with van der Waals surface area (Å²) in [6.45, 7) is 2.28. The quantitative estimate of drug-likeness (QED) is 0.514. The Balaban J connectivity index is 1.22. The summed E-state index contributed by atoms with van der Waals surface area (Å²) in [4.78, 5) is 42.3. The lowest BCUT2D eigenvalue weighted by molar-refractivity contribution is -0.145. The highest BCUT2D eigenvalue weighted by Crippen LogP contribution is 2.44. The van der Waals surface area contributed by atoms with Gasteiger partial charge in [0.15, 0.2) is 0 Å². The molecule has 2 amide bonds. The molecule has 3 N–H and O–H groups in total. The molecule has 2 aromatic carbocycles. The molecule has 2 atom stereocenters. The number of nitrogens with one attached hydrogen (secondary N) is 2. The minimum atomic E-state index is -0.926. The first-order valence-electron chi connectivity index (χ1n) is 11.5. The van der Waals surface area contributed by atoms with Gasteiger partial charge in [-0.1, -0.05) is 48.5 Å². The highest BCUT2D eigenvalue weighted by atomic mass is 16.5. The molecule has 0 radical (unpaired) electrons. The number of hydrogen-bond acceptors (Lipinski definition) is 6. The van der Waals surface area contributed by atoms with E-state index >= 15 is 0 Å². The number of anilines is 1. The van der Waals surface area contributed by atoms with Crippen LogP contribution in [0.4, 0.5) is 10.7 Å². The third-order valence-corrected chi connectivity index (χ3v) is 6.81. The minimum Gasteiger partial charge on any atom is -0.481 e. The third kappa shape index (κ3) is 4.23. The number of likely N-dealkylation sites (tertiary alicyclic amines) is 1. The highest BCUT2D eigenvalue weighted by Gasteiger charge is 2.36. The Labute approximate surface area is 201 Å². The van der Waals surface area contributed by atoms with E-state index in [0.717, 1.165) is 22.3 Å². The second-order valence-corrected chi connectivity index (χ2v) is 8.78. The number of hydrogen-bond donors (Lipinski definition) is 3. The van der Waals surface area contributed by atoms with Crippen LogP contribution in [0.2, 0.25) is 0 Å². The average Bonchev–Trinajstić information content (AvgIpc) is 3.45. The summed E-state index contributed by atoms with van der Waals surface area (Å²) >= 11 is 0. The number of ether oxygens (including phenoxy) is 1. The molecule has 35 heavy (non-hydrogen) atoms. The summed E-state index contributed by atoms with van der Waals surface area (Å²) in [5.74, 6) is -2.27. The van der Waals surface area contributed by atoms with Crippen LogP contribution in [0.1, 0.15) is 47.4 Å². The lowest BCUT2D eigenvalue weighted by Crippen LogP contribution is -2.49. The molecule has 0 saturated carbocycles. The molecule has 2 unspecified atom stereocenters. The third-order valence-electron chi connectivity index (χ3n) is 6.81. The number of aliphatic carboxylic acids is 1. The number of piperidine rings is 1. The van der Waals surface area contributed by atoms with E-state index in [1.54, 1.807) is 6.92 Å². The number of carboxylic acid groups (broad SMARTS) is 1. The first kappa shape index (κ1) is 22.6. The van der Waals surface area contributed by atoms with E-state index in [1.165, 1.54) is 4.90 Å². The Bertz CT molecular complexity index is 1240. The number of nitrogens with zero attached hydrogens (tertiary/aromatic N) is 3. The van der Waals surface area contributed by atoms with Gasteiger partial charge in [-0.15, -0.1) is 5.10 Å². The van der Waals surface area contributed by atoms with E-state index in [-0.39, 0.29) is 24.3 Å². The first-order valence-corrected chi connectivity index (χ1v) is 11.5. The fourth-order valence-corrected chi connectivity index (χ4v) is 5.04. The molecule has 2 aliphatic rings. The van der Waals surface area contributed by atoms with E-state index in [9.17, 15) is 19.5 Å². The normalized spacial score (nSPS) is 19.1. The van der Waals surface area contributed by atoms with Gasteiger partial charge < -0.3 is 14.7 Å². The summed E-state index contributed by atoms with van der Waals surface area (Å²) in [7, 11) is 0. The molecule has 10 nitrogen and oxygen atoms in total. The van der Waals surface area contributed by atoms with Crippen LogP contribution in [0.3, 0.4) is 0 Å². The maximum atomic E-state index is 12.9. The predicted molar refractivity (Wildman–Crippen MR) is 126 cm³/mol. The van der Waals surface area contributed by atoms with E-state index in [1.807, 2.05) is 36.4 Å². The Morgan fingerprint density at radius 3 is 2.43 bits per heavy atom. The summed E-state index contributed by atoms with van der Waals surface area (Å²) in [6.07, 6.45) is 0.374. The Hall–Kier alpha value is -4.21. The number of aromatic amines is 1. The topological polar surface area (TPSA) is 138 Å². The lowest BCUT2D eigenvalue weighted by atomic mass is 9.90. The van der Waals surface area contributed by atoms with Crippen molar-refractivity contribution in [1.29, 1.82) is 0 Å². The van der Waals surface area contributed by atoms with Crippen molar-refractivity contribution < 1.29 is 24.2 Å². The van der Waals surface area contributed by atoms with Gasteiger partial charge in [0.05, 0.1) is 5.92 Å². The van der Waals surface area contributed by atoms with Gasteiger partial charge in [0.1, 0.15) is 6.61 Å². The molecular weight excluding hydrogens is 450 g/mol. The molecule has 0 spiro atoms.